The molecule has 0 unspecified atom stereocenters. The molecule has 128 valence electrons. The zero-order valence-corrected chi connectivity index (χ0v) is 13.8. The monoisotopic (exact) mass is 347 g/mol. The predicted octanol–water partition coefficient (Wildman–Crippen LogP) is 4.12. The van der Waals surface area contributed by atoms with Crippen molar-refractivity contribution in [2.45, 2.75) is 0 Å². The van der Waals surface area contributed by atoms with Crippen molar-refractivity contribution in [3.63, 3.8) is 0 Å². The van der Waals surface area contributed by atoms with E-state index in [4.69, 9.17) is 23.6 Å². The molecule has 4 rings (SSSR count). The van der Waals surface area contributed by atoms with E-state index in [1.54, 1.807) is 31.4 Å². The molecule has 6 nitrogen and oxygen atoms in total. The lowest BCUT2D eigenvalue weighted by atomic mass is 10.1. The smallest absolute Gasteiger partial charge is 0.336 e. The first-order valence-corrected chi connectivity index (χ1v) is 7.84. The minimum absolute atomic E-state index is 0.0700. The maximum absolute atomic E-state index is 12.0. The first kappa shape index (κ1) is 15.8. The third-order valence-corrected chi connectivity index (χ3v) is 4.01. The number of fused-ring (bicyclic) bond motifs is 2. The number of hydrogen-bond acceptors (Lipinski definition) is 6. The Balaban J connectivity index is 1.95. The van der Waals surface area contributed by atoms with E-state index in [2.05, 4.69) is 0 Å². The second-order valence-electron chi connectivity index (χ2n) is 5.57. The van der Waals surface area contributed by atoms with Gasteiger partial charge in [-0.05, 0) is 30.3 Å². The molecular weight excluding hydrogens is 334 g/mol. The van der Waals surface area contributed by atoms with Crippen LogP contribution in [-0.4, -0.2) is 13.7 Å². The van der Waals surface area contributed by atoms with Crippen LogP contribution in [0.1, 0.15) is 0 Å². The fourth-order valence-electron chi connectivity index (χ4n) is 2.88. The molecular formula is C20H13NO5. The lowest BCUT2D eigenvalue weighted by Crippen LogP contribution is -1.99. The van der Waals surface area contributed by atoms with Gasteiger partial charge in [-0.15, -0.1) is 0 Å². The largest absolute Gasteiger partial charge is 0.493 e. The van der Waals surface area contributed by atoms with E-state index < -0.39 is 5.63 Å². The Kier molecular flexibility index (Phi) is 3.82. The summed E-state index contributed by atoms with van der Waals surface area (Å²) in [5.41, 5.74) is 1.11. The van der Waals surface area contributed by atoms with Crippen LogP contribution >= 0.6 is 0 Å². The Bertz CT molecular complexity index is 1210. The minimum atomic E-state index is -0.481. The fourth-order valence-corrected chi connectivity index (χ4v) is 2.88. The highest BCUT2D eigenvalue weighted by Gasteiger charge is 2.15. The maximum atomic E-state index is 12.0. The van der Waals surface area contributed by atoms with Gasteiger partial charge in [0.1, 0.15) is 23.2 Å². The van der Waals surface area contributed by atoms with Crippen molar-refractivity contribution in [1.82, 2.24) is 0 Å². The van der Waals surface area contributed by atoms with E-state index in [1.807, 2.05) is 24.3 Å². The SMILES string of the molecule is COc1cccc2cc(-c3cc(=O)oc4ccc(OCC#N)cc34)oc12. The summed E-state index contributed by atoms with van der Waals surface area (Å²) in [5, 5.41) is 10.2. The van der Waals surface area contributed by atoms with E-state index in [0.29, 0.717) is 39.4 Å². The molecule has 2 heterocycles. The average molecular weight is 347 g/mol. The Morgan fingerprint density at radius 3 is 2.81 bits per heavy atom. The van der Waals surface area contributed by atoms with Crippen LogP contribution < -0.4 is 15.1 Å². The first-order valence-electron chi connectivity index (χ1n) is 7.84. The highest BCUT2D eigenvalue weighted by atomic mass is 16.5. The number of methoxy groups -OCH3 is 1. The van der Waals surface area contributed by atoms with Crippen molar-refractivity contribution < 1.29 is 18.3 Å². The molecule has 0 aliphatic carbocycles. The molecule has 6 heteroatoms. The van der Waals surface area contributed by atoms with Gasteiger partial charge in [-0.3, -0.25) is 0 Å². The lowest BCUT2D eigenvalue weighted by molar-refractivity contribution is 0.368. The number of nitrogens with zero attached hydrogens (tertiary/aromatic N) is 1. The number of furan rings is 1. The van der Waals surface area contributed by atoms with Crippen LogP contribution in [0, 0.1) is 11.3 Å². The number of benzene rings is 2. The van der Waals surface area contributed by atoms with Crippen LogP contribution in [0.4, 0.5) is 0 Å². The van der Waals surface area contributed by atoms with Crippen molar-refractivity contribution >= 4 is 21.9 Å². The standard InChI is InChI=1S/C20H13NO5/c1-23-17-4-2-3-12-9-18(26-20(12)17)15-11-19(22)25-16-6-5-13(10-14(15)16)24-8-7-21/h2-6,9-11H,8H2,1H3. The van der Waals surface area contributed by atoms with Crippen LogP contribution in [0.5, 0.6) is 11.5 Å². The Morgan fingerprint density at radius 1 is 1.12 bits per heavy atom. The summed E-state index contributed by atoms with van der Waals surface area (Å²) in [6, 6.07) is 15.7. The molecule has 0 saturated carbocycles. The molecule has 0 amide bonds. The van der Waals surface area contributed by atoms with Crippen molar-refractivity contribution in [2.75, 3.05) is 13.7 Å². The fraction of sp³-hybridized carbons (Fsp3) is 0.100. The molecule has 0 fully saturated rings. The normalized spacial score (nSPS) is 10.8. The van der Waals surface area contributed by atoms with Crippen LogP contribution in [-0.2, 0) is 0 Å². The minimum Gasteiger partial charge on any atom is -0.493 e. The molecule has 2 aromatic heterocycles. The Morgan fingerprint density at radius 2 is 2.00 bits per heavy atom. The van der Waals surface area contributed by atoms with Crippen LogP contribution in [0.2, 0.25) is 0 Å². The molecule has 26 heavy (non-hydrogen) atoms. The third kappa shape index (κ3) is 2.66. The molecule has 0 N–H and O–H groups in total. The lowest BCUT2D eigenvalue weighted by Gasteiger charge is -2.06. The number of para-hydroxylation sites is 1. The van der Waals surface area contributed by atoms with Gasteiger partial charge in [0.25, 0.3) is 0 Å². The van der Waals surface area contributed by atoms with Gasteiger partial charge in [0.15, 0.2) is 17.9 Å². The van der Waals surface area contributed by atoms with E-state index in [1.165, 1.54) is 6.07 Å². The predicted molar refractivity (Wildman–Crippen MR) is 95.4 cm³/mol. The zero-order chi connectivity index (χ0) is 18.1. The molecule has 0 saturated heterocycles. The van der Waals surface area contributed by atoms with Crippen LogP contribution in [0.25, 0.3) is 33.3 Å². The van der Waals surface area contributed by atoms with Gasteiger partial charge in [-0.2, -0.15) is 5.26 Å². The topological polar surface area (TPSA) is 85.6 Å². The van der Waals surface area contributed by atoms with E-state index in [0.717, 1.165) is 5.39 Å². The van der Waals surface area contributed by atoms with Gasteiger partial charge >= 0.3 is 5.63 Å². The zero-order valence-electron chi connectivity index (χ0n) is 13.8. The molecule has 0 bridgehead atoms. The highest BCUT2D eigenvalue weighted by Crippen LogP contribution is 2.36. The van der Waals surface area contributed by atoms with E-state index >= 15 is 0 Å². The number of nitriles is 1. The summed E-state index contributed by atoms with van der Waals surface area (Å²) in [6.45, 7) is -0.0700. The van der Waals surface area contributed by atoms with E-state index in [-0.39, 0.29) is 6.61 Å². The Hall–Kier alpha value is -3.72. The molecule has 0 aliphatic rings. The quantitative estimate of drug-likeness (QED) is 0.516. The summed E-state index contributed by atoms with van der Waals surface area (Å²) in [5.74, 6) is 1.63. The highest BCUT2D eigenvalue weighted by molar-refractivity contribution is 5.96. The number of hydrogen-bond donors (Lipinski definition) is 0. The van der Waals surface area contributed by atoms with Gasteiger partial charge in [-0.1, -0.05) is 12.1 Å². The molecule has 0 spiro atoms. The van der Waals surface area contributed by atoms with Crippen molar-refractivity contribution in [3.8, 4) is 28.9 Å². The molecule has 4 aromatic rings. The summed E-state index contributed by atoms with van der Waals surface area (Å²) >= 11 is 0. The summed E-state index contributed by atoms with van der Waals surface area (Å²) in [4.78, 5) is 12.0. The van der Waals surface area contributed by atoms with Gasteiger partial charge in [0.2, 0.25) is 0 Å². The van der Waals surface area contributed by atoms with Gasteiger partial charge in [0.05, 0.1) is 7.11 Å². The van der Waals surface area contributed by atoms with Gasteiger partial charge in [-0.25, -0.2) is 4.79 Å². The summed E-state index contributed by atoms with van der Waals surface area (Å²) in [6.07, 6.45) is 0. The van der Waals surface area contributed by atoms with Crippen molar-refractivity contribution in [3.05, 3.63) is 59.0 Å². The molecule has 0 aliphatic heterocycles. The number of ether oxygens (including phenoxy) is 2. The molecule has 0 atom stereocenters. The molecule has 0 radical (unpaired) electrons. The van der Waals surface area contributed by atoms with Gasteiger partial charge < -0.3 is 18.3 Å². The summed E-state index contributed by atoms with van der Waals surface area (Å²) < 4.78 is 21.9. The van der Waals surface area contributed by atoms with Crippen LogP contribution in [0.15, 0.2) is 62.2 Å². The Labute approximate surface area is 147 Å². The van der Waals surface area contributed by atoms with Crippen molar-refractivity contribution in [1.29, 1.82) is 5.26 Å². The van der Waals surface area contributed by atoms with Gasteiger partial charge in [0, 0.05) is 22.4 Å². The van der Waals surface area contributed by atoms with Crippen LogP contribution in [0.3, 0.4) is 0 Å². The maximum Gasteiger partial charge on any atom is 0.336 e. The second-order valence-corrected chi connectivity index (χ2v) is 5.57. The third-order valence-electron chi connectivity index (χ3n) is 4.01. The first-order chi connectivity index (χ1) is 12.7. The van der Waals surface area contributed by atoms with E-state index in [9.17, 15) is 4.79 Å². The average Bonchev–Trinajstić information content (AvgIpc) is 3.09. The summed E-state index contributed by atoms with van der Waals surface area (Å²) in [7, 11) is 1.57. The number of rotatable bonds is 4. The second kappa shape index (κ2) is 6.30. The molecule has 2 aromatic carbocycles. The van der Waals surface area contributed by atoms with Crippen molar-refractivity contribution in [2.24, 2.45) is 0 Å².